The Morgan fingerprint density at radius 3 is 2.13 bits per heavy atom. The number of rotatable bonds is 12. The Kier molecular flexibility index (Phi) is 18.2. The molecular weight excluding hydrogens is 803 g/mol. The van der Waals surface area contributed by atoms with Gasteiger partial charge in [-0.1, -0.05) is 51.0 Å². The summed E-state index contributed by atoms with van der Waals surface area (Å²) < 4.78 is 37.9. The highest BCUT2D eigenvalue weighted by molar-refractivity contribution is 5.88. The number of hydrogen-bond donors (Lipinski definition) is 5. The second kappa shape index (κ2) is 21.7. The molecule has 18 atom stereocenters. The average molecular weight is 882 g/mol. The molecule has 5 N–H and O–H groups in total. The number of methoxy groups -OCH3 is 1. The maximum absolute atomic E-state index is 14.4. The highest BCUT2D eigenvalue weighted by Gasteiger charge is 2.53. The van der Waals surface area contributed by atoms with Crippen molar-refractivity contribution in [2.45, 2.75) is 179 Å². The average Bonchev–Trinajstić information content (AvgIpc) is 3.22. The van der Waals surface area contributed by atoms with E-state index in [2.05, 4.69) is 5.16 Å². The molecule has 16 nitrogen and oxygen atoms in total. The Balaban J connectivity index is 1.83. The van der Waals surface area contributed by atoms with Crippen LogP contribution in [-0.4, -0.2) is 168 Å². The molecular formula is C46H79N3O13. The van der Waals surface area contributed by atoms with Gasteiger partial charge in [-0.2, -0.15) is 0 Å². The number of nitrogens with zero attached hydrogens (tertiary/aromatic N) is 3. The van der Waals surface area contributed by atoms with Gasteiger partial charge in [0.15, 0.2) is 12.6 Å². The molecule has 0 spiro atoms. The second-order valence-corrected chi connectivity index (χ2v) is 19.2. The SMILES string of the molecule is CCC1OC(=O)[C@H](C)C(O[C@H]2C[C@@](C)(OC)[C@@H](O)[C@H](C)O2)[C@H](C)[C@@H](O[C@@H]2O[C@H](C)C[C@H](N(C)C)[C@H]2O)[C@](C)(O)C[C@@H](C)/C(=N\OCCN(C)c2ccccc2)[C@H](C)[C@@H](O)[C@]1(C)O. The summed E-state index contributed by atoms with van der Waals surface area (Å²) in [6.45, 7) is 17.9. The van der Waals surface area contributed by atoms with Crippen LogP contribution in [0.25, 0.3) is 0 Å². The fourth-order valence-electron chi connectivity index (χ4n) is 9.70. The smallest absolute Gasteiger partial charge is 0.311 e. The molecule has 0 bridgehead atoms. The molecule has 0 aliphatic carbocycles. The van der Waals surface area contributed by atoms with E-state index in [4.69, 9.17) is 33.3 Å². The first-order valence-electron chi connectivity index (χ1n) is 22.4. The van der Waals surface area contributed by atoms with Crippen LogP contribution in [0, 0.1) is 23.7 Å². The third-order valence-corrected chi connectivity index (χ3v) is 13.7. The van der Waals surface area contributed by atoms with E-state index in [-0.39, 0.29) is 38.0 Å². The lowest BCUT2D eigenvalue weighted by Crippen LogP contribution is -2.61. The second-order valence-electron chi connectivity index (χ2n) is 19.2. The van der Waals surface area contributed by atoms with Gasteiger partial charge in [-0.25, -0.2) is 0 Å². The van der Waals surface area contributed by atoms with Crippen LogP contribution in [0.1, 0.15) is 94.9 Å². The number of cyclic esters (lactones) is 1. The summed E-state index contributed by atoms with van der Waals surface area (Å²) in [6, 6.07) is 9.50. The van der Waals surface area contributed by atoms with Crippen molar-refractivity contribution < 1.29 is 63.6 Å². The number of carbonyl (C=O) groups is 1. The van der Waals surface area contributed by atoms with Crippen LogP contribution in [0.5, 0.6) is 0 Å². The lowest BCUT2D eigenvalue weighted by atomic mass is 9.73. The molecule has 16 heteroatoms. The molecule has 4 rings (SSSR count). The molecule has 0 saturated carbocycles. The Morgan fingerprint density at radius 1 is 0.887 bits per heavy atom. The van der Waals surface area contributed by atoms with Gasteiger partial charge in [-0.3, -0.25) is 4.79 Å². The van der Waals surface area contributed by atoms with Gasteiger partial charge in [0.1, 0.15) is 30.5 Å². The minimum atomic E-state index is -1.95. The van der Waals surface area contributed by atoms with Gasteiger partial charge in [0, 0.05) is 50.1 Å². The number of likely N-dealkylation sites (N-methyl/N-ethyl adjacent to an activating group) is 2. The summed E-state index contributed by atoms with van der Waals surface area (Å²) in [5, 5.41) is 64.3. The van der Waals surface area contributed by atoms with Crippen LogP contribution < -0.4 is 4.90 Å². The molecule has 62 heavy (non-hydrogen) atoms. The lowest BCUT2D eigenvalue weighted by Gasteiger charge is -2.49. The number of oxime groups is 1. The molecule has 1 aromatic rings. The number of para-hydroxylation sites is 1. The predicted octanol–water partition coefficient (Wildman–Crippen LogP) is 3.73. The Hall–Kier alpha value is -2.48. The van der Waals surface area contributed by atoms with Crippen molar-refractivity contribution in [3.8, 4) is 0 Å². The number of hydrogen-bond acceptors (Lipinski definition) is 16. The van der Waals surface area contributed by atoms with Crippen LogP contribution in [-0.2, 0) is 38.1 Å². The Bertz CT molecular complexity index is 1580. The summed E-state index contributed by atoms with van der Waals surface area (Å²) in [7, 11) is 7.19. The molecule has 3 saturated heterocycles. The van der Waals surface area contributed by atoms with Crippen molar-refractivity contribution in [2.75, 3.05) is 46.3 Å². The highest BCUT2D eigenvalue weighted by Crippen LogP contribution is 2.41. The van der Waals surface area contributed by atoms with Gasteiger partial charge < -0.3 is 68.6 Å². The summed E-state index contributed by atoms with van der Waals surface area (Å²) >= 11 is 0. The molecule has 3 heterocycles. The highest BCUT2D eigenvalue weighted by atomic mass is 16.7. The van der Waals surface area contributed by atoms with Crippen molar-refractivity contribution in [2.24, 2.45) is 28.8 Å². The summed E-state index contributed by atoms with van der Waals surface area (Å²) in [5.74, 6) is -4.05. The van der Waals surface area contributed by atoms with Crippen molar-refractivity contribution in [1.82, 2.24) is 4.90 Å². The number of aliphatic hydroxyl groups excluding tert-OH is 3. The van der Waals surface area contributed by atoms with Crippen molar-refractivity contribution >= 4 is 17.4 Å². The molecule has 3 aliphatic rings. The molecule has 0 radical (unpaired) electrons. The van der Waals surface area contributed by atoms with E-state index in [0.717, 1.165) is 5.69 Å². The normalized spacial score (nSPS) is 43.5. The fourth-order valence-corrected chi connectivity index (χ4v) is 9.70. The standard InChI is InChI=1S/C46H79N3O13/c1-15-34-46(10,55)39(51)28(4)36(47-57-22-21-49(13)32-19-17-16-18-20-32)26(2)24-44(8,54)41(62-43-37(50)33(48(11)12)23-27(3)58-43)29(5)38(30(6)42(53)60-34)61-35-25-45(9,56-14)40(52)31(7)59-35/h16-20,26-31,33-35,37-41,43,50-52,54-55H,15,21-25H2,1-14H3/b47-36+/t26-,27-,28+,29+,30-,31+,33+,34?,35+,37-,38?,39-,40+,41-,43+,44-,45-,46-/m1/s1. The van der Waals surface area contributed by atoms with E-state index < -0.39 is 102 Å². The quantitative estimate of drug-likeness (QED) is 0.116. The molecule has 2 unspecified atom stereocenters. The molecule has 1 aromatic carbocycles. The van der Waals surface area contributed by atoms with Gasteiger partial charge in [0.2, 0.25) is 0 Å². The minimum Gasteiger partial charge on any atom is -0.459 e. The van der Waals surface area contributed by atoms with Gasteiger partial charge >= 0.3 is 5.97 Å². The maximum atomic E-state index is 14.4. The summed E-state index contributed by atoms with van der Waals surface area (Å²) in [5.41, 5.74) is -3.40. The summed E-state index contributed by atoms with van der Waals surface area (Å²) in [4.78, 5) is 24.3. The van der Waals surface area contributed by atoms with Crippen molar-refractivity contribution in [3.63, 3.8) is 0 Å². The molecule has 356 valence electrons. The number of ether oxygens (including phenoxy) is 6. The third kappa shape index (κ3) is 12.0. The van der Waals surface area contributed by atoms with E-state index in [0.29, 0.717) is 18.7 Å². The van der Waals surface area contributed by atoms with Crippen LogP contribution >= 0.6 is 0 Å². The zero-order valence-corrected chi connectivity index (χ0v) is 39.6. The zero-order valence-electron chi connectivity index (χ0n) is 39.6. The zero-order chi connectivity index (χ0) is 46.5. The van der Waals surface area contributed by atoms with E-state index >= 15 is 0 Å². The van der Waals surface area contributed by atoms with E-state index in [9.17, 15) is 30.3 Å². The molecule has 0 amide bonds. The van der Waals surface area contributed by atoms with Crippen LogP contribution in [0.4, 0.5) is 5.69 Å². The topological polar surface area (TPSA) is 202 Å². The summed E-state index contributed by atoms with van der Waals surface area (Å²) in [6.07, 6.45) is -9.37. The first-order chi connectivity index (χ1) is 28.9. The van der Waals surface area contributed by atoms with E-state index in [1.807, 2.05) is 75.1 Å². The number of aliphatic hydroxyl groups is 5. The van der Waals surface area contributed by atoms with Crippen molar-refractivity contribution in [1.29, 1.82) is 0 Å². The van der Waals surface area contributed by atoms with Crippen molar-refractivity contribution in [3.05, 3.63) is 30.3 Å². The first kappa shape index (κ1) is 52.1. The molecule has 3 aliphatic heterocycles. The van der Waals surface area contributed by atoms with E-state index in [1.54, 1.807) is 48.5 Å². The fraction of sp³-hybridized carbons (Fsp3) is 0.826. The largest absolute Gasteiger partial charge is 0.459 e. The minimum absolute atomic E-state index is 0.00352. The van der Waals surface area contributed by atoms with Gasteiger partial charge in [-0.05, 0) is 87.0 Å². The third-order valence-electron chi connectivity index (χ3n) is 13.7. The maximum Gasteiger partial charge on any atom is 0.311 e. The number of esters is 1. The van der Waals surface area contributed by atoms with Crippen LogP contribution in [0.3, 0.4) is 0 Å². The van der Waals surface area contributed by atoms with Crippen LogP contribution in [0.2, 0.25) is 0 Å². The number of carbonyl (C=O) groups excluding carboxylic acids is 1. The molecule has 3 fully saturated rings. The van der Waals surface area contributed by atoms with Gasteiger partial charge in [-0.15, -0.1) is 0 Å². The predicted molar refractivity (Wildman–Crippen MR) is 234 cm³/mol. The van der Waals surface area contributed by atoms with Gasteiger partial charge in [0.25, 0.3) is 0 Å². The lowest BCUT2D eigenvalue weighted by molar-refractivity contribution is -0.317. The number of benzene rings is 1. The first-order valence-corrected chi connectivity index (χ1v) is 22.4. The van der Waals surface area contributed by atoms with Crippen LogP contribution in [0.15, 0.2) is 35.5 Å². The monoisotopic (exact) mass is 882 g/mol. The Labute approximate surface area is 369 Å². The Morgan fingerprint density at radius 2 is 1.53 bits per heavy atom. The van der Waals surface area contributed by atoms with E-state index in [1.165, 1.54) is 14.0 Å². The molecule has 0 aromatic heterocycles. The van der Waals surface area contributed by atoms with Gasteiger partial charge in [0.05, 0.1) is 59.9 Å². The number of anilines is 1.